The molecule has 1 aromatic carbocycles. The number of halogens is 3. The maximum atomic E-state index is 12.9. The maximum Gasteiger partial charge on any atom is 0.416 e. The summed E-state index contributed by atoms with van der Waals surface area (Å²) >= 11 is 0. The van der Waals surface area contributed by atoms with Crippen LogP contribution in [-0.4, -0.2) is 9.97 Å². The molecule has 3 N–H and O–H groups in total. The molecule has 0 aliphatic heterocycles. The van der Waals surface area contributed by atoms with Crippen LogP contribution < -0.4 is 11.1 Å². The lowest BCUT2D eigenvalue weighted by molar-refractivity contribution is -0.138. The average molecular weight is 296 g/mol. The normalized spacial score (nSPS) is 11.4. The highest BCUT2D eigenvalue weighted by Gasteiger charge is 2.32. The summed E-state index contributed by atoms with van der Waals surface area (Å²) in [5, 5.41) is 2.86. The second-order valence-electron chi connectivity index (χ2n) is 4.46. The van der Waals surface area contributed by atoms with E-state index in [0.717, 1.165) is 6.07 Å². The van der Waals surface area contributed by atoms with Crippen LogP contribution in [0.3, 0.4) is 0 Å². The number of nitrogen functional groups attached to an aromatic ring is 1. The van der Waals surface area contributed by atoms with Gasteiger partial charge in [0.1, 0.15) is 17.5 Å². The summed E-state index contributed by atoms with van der Waals surface area (Å²) in [7, 11) is 0. The first-order valence-corrected chi connectivity index (χ1v) is 6.42. The van der Waals surface area contributed by atoms with Crippen molar-refractivity contribution in [3.05, 3.63) is 47.3 Å². The van der Waals surface area contributed by atoms with E-state index < -0.39 is 11.7 Å². The van der Waals surface area contributed by atoms with Crippen molar-refractivity contribution in [2.45, 2.75) is 26.1 Å². The molecule has 4 nitrogen and oxygen atoms in total. The summed E-state index contributed by atoms with van der Waals surface area (Å²) in [4.78, 5) is 8.19. The van der Waals surface area contributed by atoms with Gasteiger partial charge in [-0.2, -0.15) is 13.2 Å². The van der Waals surface area contributed by atoms with E-state index in [1.165, 1.54) is 18.2 Å². The highest BCUT2D eigenvalue weighted by atomic mass is 19.4. The third kappa shape index (κ3) is 3.84. The van der Waals surface area contributed by atoms with Crippen LogP contribution in [0.5, 0.6) is 0 Å². The van der Waals surface area contributed by atoms with Gasteiger partial charge in [-0.15, -0.1) is 0 Å². The minimum atomic E-state index is -4.38. The van der Waals surface area contributed by atoms with Crippen LogP contribution in [-0.2, 0) is 19.1 Å². The van der Waals surface area contributed by atoms with Crippen LogP contribution in [0.4, 0.5) is 24.8 Å². The summed E-state index contributed by atoms with van der Waals surface area (Å²) in [6.45, 7) is 1.88. The molecule has 2 aromatic rings. The van der Waals surface area contributed by atoms with Gasteiger partial charge in [0.2, 0.25) is 0 Å². The fourth-order valence-corrected chi connectivity index (χ4v) is 1.90. The van der Waals surface area contributed by atoms with E-state index >= 15 is 0 Å². The number of hydrogen-bond donors (Lipinski definition) is 2. The molecule has 112 valence electrons. The van der Waals surface area contributed by atoms with Crippen molar-refractivity contribution < 1.29 is 13.2 Å². The number of alkyl halides is 3. The van der Waals surface area contributed by atoms with Crippen LogP contribution in [0.25, 0.3) is 0 Å². The van der Waals surface area contributed by atoms with Crippen molar-refractivity contribution >= 4 is 11.6 Å². The first-order valence-electron chi connectivity index (χ1n) is 6.42. The molecule has 0 radical (unpaired) electrons. The van der Waals surface area contributed by atoms with Crippen LogP contribution in [0.1, 0.15) is 23.9 Å². The number of nitrogens with one attached hydrogen (secondary N) is 1. The molecule has 0 atom stereocenters. The van der Waals surface area contributed by atoms with Gasteiger partial charge in [0.05, 0.1) is 5.56 Å². The highest BCUT2D eigenvalue weighted by Crippen LogP contribution is 2.32. The quantitative estimate of drug-likeness (QED) is 0.909. The van der Waals surface area contributed by atoms with E-state index in [4.69, 9.17) is 5.73 Å². The second kappa shape index (κ2) is 5.99. The SMILES string of the molecule is CCc1nc(N)cc(NCc2ccccc2C(F)(F)F)n1. The molecule has 0 saturated carbocycles. The largest absolute Gasteiger partial charge is 0.416 e. The Hall–Kier alpha value is -2.31. The van der Waals surface area contributed by atoms with Gasteiger partial charge >= 0.3 is 6.18 Å². The van der Waals surface area contributed by atoms with E-state index in [2.05, 4.69) is 15.3 Å². The molecule has 0 aliphatic carbocycles. The van der Waals surface area contributed by atoms with Crippen molar-refractivity contribution in [2.24, 2.45) is 0 Å². The minimum absolute atomic E-state index is 0.00922. The van der Waals surface area contributed by atoms with Crippen LogP contribution in [0.2, 0.25) is 0 Å². The van der Waals surface area contributed by atoms with Gasteiger partial charge in [-0.1, -0.05) is 25.1 Å². The first kappa shape index (κ1) is 15.1. The summed E-state index contributed by atoms with van der Waals surface area (Å²) in [6.07, 6.45) is -3.78. The average Bonchev–Trinajstić information content (AvgIpc) is 2.44. The topological polar surface area (TPSA) is 63.8 Å². The Balaban J connectivity index is 2.19. The monoisotopic (exact) mass is 296 g/mol. The zero-order chi connectivity index (χ0) is 15.5. The first-order chi connectivity index (χ1) is 9.90. The molecule has 0 unspecified atom stereocenters. The van der Waals surface area contributed by atoms with Crippen LogP contribution >= 0.6 is 0 Å². The number of aromatic nitrogens is 2. The number of nitrogens with two attached hydrogens (primary N) is 1. The summed E-state index contributed by atoms with van der Waals surface area (Å²) in [5.41, 5.74) is 5.13. The lowest BCUT2D eigenvalue weighted by Gasteiger charge is -2.14. The molecule has 0 saturated heterocycles. The van der Waals surface area contributed by atoms with Crippen LogP contribution in [0, 0.1) is 0 Å². The van der Waals surface area contributed by atoms with E-state index in [1.54, 1.807) is 6.07 Å². The Morgan fingerprint density at radius 1 is 1.19 bits per heavy atom. The third-order valence-electron chi connectivity index (χ3n) is 2.89. The predicted octanol–water partition coefficient (Wildman–Crippen LogP) is 3.25. The van der Waals surface area contributed by atoms with Gasteiger partial charge in [-0.25, -0.2) is 9.97 Å². The van der Waals surface area contributed by atoms with Crippen molar-refractivity contribution in [2.75, 3.05) is 11.1 Å². The fraction of sp³-hybridized carbons (Fsp3) is 0.286. The lowest BCUT2D eigenvalue weighted by atomic mass is 10.1. The van der Waals surface area contributed by atoms with E-state index in [0.29, 0.717) is 18.1 Å². The molecule has 0 aliphatic rings. The molecule has 0 spiro atoms. The second-order valence-corrected chi connectivity index (χ2v) is 4.46. The number of aryl methyl sites for hydroxylation is 1. The Labute approximate surface area is 120 Å². The number of nitrogens with zero attached hydrogens (tertiary/aromatic N) is 2. The summed E-state index contributed by atoms with van der Waals surface area (Å²) in [6, 6.07) is 6.92. The summed E-state index contributed by atoms with van der Waals surface area (Å²) in [5.74, 6) is 1.24. The number of hydrogen-bond acceptors (Lipinski definition) is 4. The standard InChI is InChI=1S/C14H15F3N4/c1-2-12-20-11(18)7-13(21-12)19-8-9-5-3-4-6-10(9)14(15,16)17/h3-7H,2,8H2,1H3,(H3,18,19,20,21). The number of rotatable bonds is 4. The molecule has 0 amide bonds. The van der Waals surface area contributed by atoms with Crippen molar-refractivity contribution in [3.8, 4) is 0 Å². The molecule has 0 bridgehead atoms. The predicted molar refractivity (Wildman–Crippen MR) is 74.6 cm³/mol. The Morgan fingerprint density at radius 3 is 2.57 bits per heavy atom. The Bertz CT molecular complexity index is 626. The van der Waals surface area contributed by atoms with Gasteiger partial charge in [0, 0.05) is 19.0 Å². The van der Waals surface area contributed by atoms with Crippen molar-refractivity contribution in [1.82, 2.24) is 9.97 Å². The Morgan fingerprint density at radius 2 is 1.90 bits per heavy atom. The van der Waals surface area contributed by atoms with Gasteiger partial charge in [-0.3, -0.25) is 0 Å². The number of benzene rings is 1. The van der Waals surface area contributed by atoms with Gasteiger partial charge < -0.3 is 11.1 Å². The molecule has 21 heavy (non-hydrogen) atoms. The molecule has 0 fully saturated rings. The van der Waals surface area contributed by atoms with E-state index in [-0.39, 0.29) is 17.9 Å². The minimum Gasteiger partial charge on any atom is -0.384 e. The zero-order valence-corrected chi connectivity index (χ0v) is 11.4. The van der Waals surface area contributed by atoms with E-state index in [9.17, 15) is 13.2 Å². The van der Waals surface area contributed by atoms with Crippen LogP contribution in [0.15, 0.2) is 30.3 Å². The lowest BCUT2D eigenvalue weighted by Crippen LogP contribution is -2.12. The molecule has 2 rings (SSSR count). The molecule has 1 aromatic heterocycles. The van der Waals surface area contributed by atoms with Gasteiger partial charge in [0.15, 0.2) is 0 Å². The smallest absolute Gasteiger partial charge is 0.384 e. The zero-order valence-electron chi connectivity index (χ0n) is 11.4. The Kier molecular flexibility index (Phi) is 4.30. The van der Waals surface area contributed by atoms with E-state index in [1.807, 2.05) is 6.92 Å². The van der Waals surface area contributed by atoms with Gasteiger partial charge in [-0.05, 0) is 11.6 Å². The fourth-order valence-electron chi connectivity index (χ4n) is 1.90. The third-order valence-corrected chi connectivity index (χ3v) is 2.89. The maximum absolute atomic E-state index is 12.9. The van der Waals surface area contributed by atoms with Crippen molar-refractivity contribution in [3.63, 3.8) is 0 Å². The molecule has 7 heteroatoms. The summed E-state index contributed by atoms with van der Waals surface area (Å²) < 4.78 is 38.7. The van der Waals surface area contributed by atoms with Gasteiger partial charge in [0.25, 0.3) is 0 Å². The molecule has 1 heterocycles. The highest BCUT2D eigenvalue weighted by molar-refractivity contribution is 5.45. The van der Waals surface area contributed by atoms with Crippen molar-refractivity contribution in [1.29, 1.82) is 0 Å². The number of anilines is 2. The molecular formula is C14H15F3N4. The molecular weight excluding hydrogens is 281 g/mol.